The number of rotatable bonds is 5. The highest BCUT2D eigenvalue weighted by Crippen LogP contribution is 2.38. The molecule has 100 valence electrons. The largest absolute Gasteiger partial charge is 0.480 e. The molecule has 0 saturated carbocycles. The zero-order valence-corrected chi connectivity index (χ0v) is 13.3. The van der Waals surface area contributed by atoms with Crippen molar-refractivity contribution < 1.29 is 9.90 Å². The van der Waals surface area contributed by atoms with Crippen molar-refractivity contribution in [2.24, 2.45) is 5.92 Å². The zero-order valence-electron chi connectivity index (χ0n) is 9.36. The second-order valence-corrected chi connectivity index (χ2v) is 6.50. The van der Waals surface area contributed by atoms with Crippen LogP contribution in [0.15, 0.2) is 17.0 Å². The lowest BCUT2D eigenvalue weighted by atomic mass is 10.1. The van der Waals surface area contributed by atoms with Gasteiger partial charge in [-0.15, -0.1) is 11.8 Å². The quantitative estimate of drug-likeness (QED) is 0.459. The van der Waals surface area contributed by atoms with E-state index in [1.807, 2.05) is 6.92 Å². The van der Waals surface area contributed by atoms with Gasteiger partial charge in [0.2, 0.25) is 0 Å². The molecule has 0 bridgehead atoms. The van der Waals surface area contributed by atoms with Gasteiger partial charge in [-0.3, -0.25) is 4.79 Å². The maximum atomic E-state index is 11.2. The zero-order chi connectivity index (χ0) is 13.9. The van der Waals surface area contributed by atoms with E-state index in [4.69, 9.17) is 34.8 Å². The number of benzene rings is 1. The maximum Gasteiger partial charge on any atom is 0.317 e. The Bertz CT molecular complexity index is 454. The lowest BCUT2D eigenvalue weighted by Crippen LogP contribution is -2.25. The third-order valence-corrected chi connectivity index (χ3v) is 5.51. The van der Waals surface area contributed by atoms with Gasteiger partial charge in [-0.05, 0) is 23.8 Å². The Morgan fingerprint density at radius 3 is 2.39 bits per heavy atom. The monoisotopic (exact) mass is 344 g/mol. The smallest absolute Gasteiger partial charge is 0.317 e. The first-order valence-electron chi connectivity index (χ1n) is 5.01. The Labute approximate surface area is 130 Å². The molecule has 1 aromatic carbocycles. The number of halogens is 3. The van der Waals surface area contributed by atoms with E-state index < -0.39 is 11.2 Å². The van der Waals surface area contributed by atoms with Crippen molar-refractivity contribution in [3.05, 3.63) is 27.2 Å². The van der Waals surface area contributed by atoms with Crippen LogP contribution >= 0.6 is 59.2 Å². The van der Waals surface area contributed by atoms with Crippen molar-refractivity contribution >= 4 is 65.2 Å². The number of aliphatic carboxylic acids is 1. The molecule has 0 radical (unpaired) electrons. The average molecular weight is 346 g/mol. The van der Waals surface area contributed by atoms with E-state index in [-0.39, 0.29) is 5.92 Å². The number of carboxylic acids is 1. The molecule has 0 saturated heterocycles. The Hall–Kier alpha value is 0.260. The molecule has 0 aliphatic rings. The molecule has 2 nitrogen and oxygen atoms in total. The Morgan fingerprint density at radius 2 is 1.89 bits per heavy atom. The van der Waals surface area contributed by atoms with Gasteiger partial charge in [0.25, 0.3) is 0 Å². The van der Waals surface area contributed by atoms with Crippen molar-refractivity contribution in [1.29, 1.82) is 0 Å². The molecule has 0 heterocycles. The molecule has 0 amide bonds. The Morgan fingerprint density at radius 1 is 1.33 bits per heavy atom. The topological polar surface area (TPSA) is 37.3 Å². The van der Waals surface area contributed by atoms with Crippen molar-refractivity contribution in [2.75, 3.05) is 5.75 Å². The summed E-state index contributed by atoms with van der Waals surface area (Å²) in [6.07, 6.45) is 0. The van der Waals surface area contributed by atoms with Crippen LogP contribution in [0.3, 0.4) is 0 Å². The average Bonchev–Trinajstić information content (AvgIpc) is 2.30. The molecule has 0 aliphatic heterocycles. The van der Waals surface area contributed by atoms with Gasteiger partial charge in [0.05, 0.1) is 15.1 Å². The number of carbonyl (C=O) groups is 1. The molecule has 0 unspecified atom stereocenters. The highest BCUT2D eigenvalue weighted by atomic mass is 35.5. The predicted molar refractivity (Wildman–Crippen MR) is 81.8 cm³/mol. The molecule has 0 fully saturated rings. The van der Waals surface area contributed by atoms with E-state index in [0.717, 1.165) is 11.8 Å². The third kappa shape index (κ3) is 4.14. The van der Waals surface area contributed by atoms with Crippen LogP contribution < -0.4 is 0 Å². The van der Waals surface area contributed by atoms with Crippen LogP contribution in [0.4, 0.5) is 0 Å². The standard InChI is InChI=1S/C11H11Cl3O2S2/c1-5(4-17)10(11(15)16)18-9-3-7(13)6(12)2-8(9)14/h2-3,5,10,17H,4H2,1H3,(H,15,16)/t5-,10-/m0/s1. The summed E-state index contributed by atoms with van der Waals surface area (Å²) in [4.78, 5) is 11.8. The summed E-state index contributed by atoms with van der Waals surface area (Å²) < 4.78 is 0. The number of carboxylic acid groups (broad SMARTS) is 1. The third-order valence-electron chi connectivity index (χ3n) is 2.28. The molecule has 0 spiro atoms. The second-order valence-electron chi connectivity index (χ2n) is 3.73. The van der Waals surface area contributed by atoms with Crippen LogP contribution in [0.5, 0.6) is 0 Å². The fourth-order valence-corrected chi connectivity index (χ4v) is 3.40. The molecular weight excluding hydrogens is 335 g/mol. The van der Waals surface area contributed by atoms with Gasteiger partial charge >= 0.3 is 5.97 Å². The summed E-state index contributed by atoms with van der Waals surface area (Å²) >= 11 is 23.0. The van der Waals surface area contributed by atoms with E-state index >= 15 is 0 Å². The predicted octanol–water partition coefficient (Wildman–Crippen LogP) is 4.76. The minimum absolute atomic E-state index is 0.0960. The van der Waals surface area contributed by atoms with E-state index in [1.54, 1.807) is 6.07 Å². The number of hydrogen-bond donors (Lipinski definition) is 2. The van der Waals surface area contributed by atoms with Crippen LogP contribution in [0.25, 0.3) is 0 Å². The molecule has 18 heavy (non-hydrogen) atoms. The van der Waals surface area contributed by atoms with Gasteiger partial charge in [0.15, 0.2) is 0 Å². The minimum Gasteiger partial charge on any atom is -0.480 e. The van der Waals surface area contributed by atoms with Crippen molar-refractivity contribution in [3.63, 3.8) is 0 Å². The Balaban J connectivity index is 3.01. The number of thioether (sulfide) groups is 1. The van der Waals surface area contributed by atoms with E-state index in [2.05, 4.69) is 12.6 Å². The summed E-state index contributed by atoms with van der Waals surface area (Å²) in [5.74, 6) is -0.520. The lowest BCUT2D eigenvalue weighted by molar-refractivity contribution is -0.137. The van der Waals surface area contributed by atoms with Crippen LogP contribution in [0.1, 0.15) is 6.92 Å². The summed E-state index contributed by atoms with van der Waals surface area (Å²) in [6.45, 7) is 1.82. The molecule has 7 heteroatoms. The lowest BCUT2D eigenvalue weighted by Gasteiger charge is -2.18. The summed E-state index contributed by atoms with van der Waals surface area (Å²) in [5.41, 5.74) is 0. The number of hydrogen-bond acceptors (Lipinski definition) is 3. The molecule has 2 atom stereocenters. The van der Waals surface area contributed by atoms with Gasteiger partial charge in [0.1, 0.15) is 5.25 Å². The molecule has 1 aromatic rings. The van der Waals surface area contributed by atoms with Crippen LogP contribution in [-0.4, -0.2) is 22.1 Å². The van der Waals surface area contributed by atoms with E-state index in [0.29, 0.717) is 25.7 Å². The molecule has 0 aromatic heterocycles. The number of thiol groups is 1. The van der Waals surface area contributed by atoms with E-state index in [9.17, 15) is 9.90 Å². The first kappa shape index (κ1) is 16.3. The van der Waals surface area contributed by atoms with Crippen molar-refractivity contribution in [1.82, 2.24) is 0 Å². The molecule has 1 rings (SSSR count). The SMILES string of the molecule is C[C@@H](CS)[C@H](Sc1cc(Cl)c(Cl)cc1Cl)C(=O)O. The van der Waals surface area contributed by atoms with Crippen LogP contribution in [-0.2, 0) is 4.79 Å². The fraction of sp³-hybridized carbons (Fsp3) is 0.364. The summed E-state index contributed by atoms with van der Waals surface area (Å²) in [7, 11) is 0. The fourth-order valence-electron chi connectivity index (χ4n) is 1.24. The minimum atomic E-state index is -0.899. The summed E-state index contributed by atoms with van der Waals surface area (Å²) in [5, 5.41) is 9.66. The van der Waals surface area contributed by atoms with Gasteiger partial charge in [-0.2, -0.15) is 12.6 Å². The Kier molecular flexibility index (Phi) is 6.48. The first-order valence-corrected chi connectivity index (χ1v) is 7.66. The maximum absolute atomic E-state index is 11.2. The highest BCUT2D eigenvalue weighted by Gasteiger charge is 2.26. The molecule has 1 N–H and O–H groups in total. The molecular formula is C11H11Cl3O2S2. The van der Waals surface area contributed by atoms with Gasteiger partial charge in [-0.25, -0.2) is 0 Å². The molecule has 0 aliphatic carbocycles. The van der Waals surface area contributed by atoms with Crippen LogP contribution in [0, 0.1) is 5.92 Å². The van der Waals surface area contributed by atoms with E-state index in [1.165, 1.54) is 6.07 Å². The van der Waals surface area contributed by atoms with Gasteiger partial charge in [0, 0.05) is 4.90 Å². The van der Waals surface area contributed by atoms with Crippen LogP contribution in [0.2, 0.25) is 15.1 Å². The first-order chi connectivity index (χ1) is 8.36. The second kappa shape index (κ2) is 7.15. The van der Waals surface area contributed by atoms with Gasteiger partial charge in [-0.1, -0.05) is 41.7 Å². The summed E-state index contributed by atoms with van der Waals surface area (Å²) in [6, 6.07) is 3.09. The normalized spacial score (nSPS) is 14.3. The highest BCUT2D eigenvalue weighted by molar-refractivity contribution is 8.00. The van der Waals surface area contributed by atoms with Crippen molar-refractivity contribution in [3.8, 4) is 0 Å². The van der Waals surface area contributed by atoms with Gasteiger partial charge < -0.3 is 5.11 Å². The van der Waals surface area contributed by atoms with Crippen molar-refractivity contribution in [2.45, 2.75) is 17.1 Å².